The van der Waals surface area contributed by atoms with Gasteiger partial charge in [0.2, 0.25) is 11.8 Å². The Balaban J connectivity index is 1.34. The molecule has 2 aromatic heterocycles. The van der Waals surface area contributed by atoms with Gasteiger partial charge in [-0.2, -0.15) is 5.10 Å². The highest BCUT2D eigenvalue weighted by molar-refractivity contribution is 6.00. The first kappa shape index (κ1) is 18.8. The summed E-state index contributed by atoms with van der Waals surface area (Å²) >= 11 is 0. The number of carbonyl (C=O) groups is 2. The number of anilines is 1. The smallest absolute Gasteiger partial charge is 0.228 e. The molecule has 0 aliphatic carbocycles. The molecule has 2 aliphatic rings. The third-order valence-electron chi connectivity index (χ3n) is 6.36. The minimum absolute atomic E-state index is 0.0180. The highest BCUT2D eigenvalue weighted by Crippen LogP contribution is 2.29. The zero-order valence-corrected chi connectivity index (χ0v) is 17.6. The Morgan fingerprint density at radius 1 is 1.13 bits per heavy atom. The van der Waals surface area contributed by atoms with Gasteiger partial charge in [0.05, 0.1) is 17.3 Å². The van der Waals surface area contributed by atoms with Crippen LogP contribution in [0.15, 0.2) is 30.5 Å². The van der Waals surface area contributed by atoms with E-state index in [9.17, 15) is 9.59 Å². The van der Waals surface area contributed by atoms with E-state index in [1.165, 1.54) is 5.56 Å². The van der Waals surface area contributed by atoms with Crippen molar-refractivity contribution >= 4 is 23.1 Å². The van der Waals surface area contributed by atoms with E-state index in [2.05, 4.69) is 17.0 Å². The number of hydrogen-bond donors (Lipinski definition) is 0. The fraction of sp³-hybridized carbons (Fsp3) is 0.391. The van der Waals surface area contributed by atoms with Crippen LogP contribution in [0.2, 0.25) is 0 Å². The highest BCUT2D eigenvalue weighted by atomic mass is 16.2. The molecule has 1 unspecified atom stereocenters. The van der Waals surface area contributed by atoms with Crippen molar-refractivity contribution in [2.45, 2.75) is 40.2 Å². The summed E-state index contributed by atoms with van der Waals surface area (Å²) < 4.78 is 1.90. The molecule has 3 aromatic rings. The standard InChI is InChI=1S/C23H25N5O2/c1-14-4-5-19(8-15(14)2)27-13-17(10-22(27)29)23(30)26-7-6-20-18(12-26)11-24-21-9-16(3)25-28(20)21/h4-5,8-9,11,17H,6-7,10,12-13H2,1-3H3. The molecule has 1 aromatic carbocycles. The number of benzene rings is 1. The van der Waals surface area contributed by atoms with Crippen LogP contribution in [0.5, 0.6) is 0 Å². The van der Waals surface area contributed by atoms with Crippen LogP contribution < -0.4 is 4.90 Å². The molecule has 30 heavy (non-hydrogen) atoms. The Bertz CT molecular complexity index is 1180. The van der Waals surface area contributed by atoms with Gasteiger partial charge < -0.3 is 9.80 Å². The number of fused-ring (bicyclic) bond motifs is 3. The molecular formula is C23H25N5O2. The van der Waals surface area contributed by atoms with Gasteiger partial charge >= 0.3 is 0 Å². The average molecular weight is 403 g/mol. The second-order valence-electron chi connectivity index (χ2n) is 8.47. The van der Waals surface area contributed by atoms with Crippen LogP contribution in [0.4, 0.5) is 5.69 Å². The maximum absolute atomic E-state index is 13.2. The van der Waals surface area contributed by atoms with Gasteiger partial charge in [-0.3, -0.25) is 9.59 Å². The summed E-state index contributed by atoms with van der Waals surface area (Å²) in [6, 6.07) is 7.98. The van der Waals surface area contributed by atoms with Gasteiger partial charge in [-0.1, -0.05) is 6.07 Å². The highest BCUT2D eigenvalue weighted by Gasteiger charge is 2.38. The van der Waals surface area contributed by atoms with Crippen LogP contribution in [0, 0.1) is 26.7 Å². The lowest BCUT2D eigenvalue weighted by atomic mass is 10.0. The summed E-state index contributed by atoms with van der Waals surface area (Å²) in [7, 11) is 0. The maximum atomic E-state index is 13.2. The minimum Gasteiger partial charge on any atom is -0.338 e. The number of nitrogens with zero attached hydrogens (tertiary/aromatic N) is 5. The Morgan fingerprint density at radius 2 is 1.97 bits per heavy atom. The summed E-state index contributed by atoms with van der Waals surface area (Å²) in [6.45, 7) is 7.65. The molecular weight excluding hydrogens is 378 g/mol. The summed E-state index contributed by atoms with van der Waals surface area (Å²) in [5.74, 6) is -0.231. The summed E-state index contributed by atoms with van der Waals surface area (Å²) in [5, 5.41) is 4.54. The molecule has 0 radical (unpaired) electrons. The summed E-state index contributed by atoms with van der Waals surface area (Å²) in [4.78, 5) is 34.0. The average Bonchev–Trinajstić information content (AvgIpc) is 3.31. The van der Waals surface area contributed by atoms with Crippen molar-refractivity contribution in [2.75, 3.05) is 18.0 Å². The van der Waals surface area contributed by atoms with Crippen molar-refractivity contribution in [3.05, 3.63) is 58.5 Å². The Labute approximate surface area is 175 Å². The fourth-order valence-corrected chi connectivity index (χ4v) is 4.52. The molecule has 154 valence electrons. The quantitative estimate of drug-likeness (QED) is 0.659. The second-order valence-corrected chi connectivity index (χ2v) is 8.47. The topological polar surface area (TPSA) is 70.8 Å². The molecule has 1 saturated heterocycles. The van der Waals surface area contributed by atoms with Crippen LogP contribution in [0.25, 0.3) is 5.65 Å². The lowest BCUT2D eigenvalue weighted by Gasteiger charge is -2.30. The second kappa shape index (κ2) is 6.93. The number of rotatable bonds is 2. The van der Waals surface area contributed by atoms with Gasteiger partial charge in [-0.25, -0.2) is 9.50 Å². The van der Waals surface area contributed by atoms with Gasteiger partial charge in [0.15, 0.2) is 5.65 Å². The molecule has 7 nitrogen and oxygen atoms in total. The van der Waals surface area contributed by atoms with E-state index >= 15 is 0 Å². The molecule has 5 rings (SSSR count). The van der Waals surface area contributed by atoms with Crippen LogP contribution in [0.3, 0.4) is 0 Å². The van der Waals surface area contributed by atoms with E-state index < -0.39 is 0 Å². The molecule has 1 atom stereocenters. The number of aromatic nitrogens is 3. The van der Waals surface area contributed by atoms with E-state index in [1.54, 1.807) is 4.90 Å². The molecule has 0 N–H and O–H groups in total. The third-order valence-corrected chi connectivity index (χ3v) is 6.36. The molecule has 4 heterocycles. The van der Waals surface area contributed by atoms with Crippen molar-refractivity contribution < 1.29 is 9.59 Å². The first-order valence-corrected chi connectivity index (χ1v) is 10.4. The van der Waals surface area contributed by atoms with Gasteiger partial charge in [0.1, 0.15) is 0 Å². The lowest BCUT2D eigenvalue weighted by Crippen LogP contribution is -2.41. The maximum Gasteiger partial charge on any atom is 0.228 e. The first-order valence-electron chi connectivity index (χ1n) is 10.4. The van der Waals surface area contributed by atoms with Gasteiger partial charge in [-0.05, 0) is 44.0 Å². The predicted molar refractivity (Wildman–Crippen MR) is 113 cm³/mol. The largest absolute Gasteiger partial charge is 0.338 e. The van der Waals surface area contributed by atoms with Crippen molar-refractivity contribution in [3.8, 4) is 0 Å². The van der Waals surface area contributed by atoms with Crippen LogP contribution in [0.1, 0.15) is 34.5 Å². The van der Waals surface area contributed by atoms with E-state index in [0.717, 1.165) is 40.3 Å². The zero-order chi connectivity index (χ0) is 21.0. The summed E-state index contributed by atoms with van der Waals surface area (Å²) in [5.41, 5.74) is 7.15. The Hall–Kier alpha value is -3.22. The number of aryl methyl sites for hydroxylation is 3. The summed E-state index contributed by atoms with van der Waals surface area (Å²) in [6.07, 6.45) is 2.86. The van der Waals surface area contributed by atoms with Crippen LogP contribution in [-0.2, 0) is 22.6 Å². The minimum atomic E-state index is -0.302. The lowest BCUT2D eigenvalue weighted by molar-refractivity contribution is -0.136. The van der Waals surface area contributed by atoms with Gasteiger partial charge in [0.25, 0.3) is 0 Å². The van der Waals surface area contributed by atoms with Crippen LogP contribution >= 0.6 is 0 Å². The van der Waals surface area contributed by atoms with Gasteiger partial charge in [0, 0.05) is 56.0 Å². The first-order chi connectivity index (χ1) is 14.4. The van der Waals surface area contributed by atoms with E-state index in [4.69, 9.17) is 0 Å². The number of amides is 2. The predicted octanol–water partition coefficient (Wildman–Crippen LogP) is 2.59. The molecule has 0 bridgehead atoms. The molecule has 2 amide bonds. The number of hydrogen-bond acceptors (Lipinski definition) is 4. The zero-order valence-electron chi connectivity index (χ0n) is 17.6. The van der Waals surface area contributed by atoms with Crippen molar-refractivity contribution in [1.82, 2.24) is 19.5 Å². The molecule has 0 spiro atoms. The van der Waals surface area contributed by atoms with E-state index in [0.29, 0.717) is 19.6 Å². The van der Waals surface area contributed by atoms with Crippen molar-refractivity contribution in [3.63, 3.8) is 0 Å². The SMILES string of the molecule is Cc1cc2ncc3c(n2n1)CCN(C(=O)C1CC(=O)N(c2ccc(C)c(C)c2)C1)C3. The van der Waals surface area contributed by atoms with E-state index in [-0.39, 0.29) is 24.2 Å². The fourth-order valence-electron chi connectivity index (χ4n) is 4.52. The molecule has 7 heteroatoms. The van der Waals surface area contributed by atoms with Gasteiger partial charge in [-0.15, -0.1) is 0 Å². The van der Waals surface area contributed by atoms with E-state index in [1.807, 2.05) is 53.7 Å². The Morgan fingerprint density at radius 3 is 2.77 bits per heavy atom. The van der Waals surface area contributed by atoms with Crippen molar-refractivity contribution in [1.29, 1.82) is 0 Å². The normalized spacial score (nSPS) is 18.9. The Kier molecular flexibility index (Phi) is 4.34. The number of carbonyl (C=O) groups excluding carboxylic acids is 2. The van der Waals surface area contributed by atoms with Crippen molar-refractivity contribution in [2.24, 2.45) is 5.92 Å². The molecule has 1 fully saturated rings. The molecule has 0 saturated carbocycles. The molecule has 2 aliphatic heterocycles. The monoisotopic (exact) mass is 403 g/mol. The third kappa shape index (κ3) is 3.05. The van der Waals surface area contributed by atoms with Crippen LogP contribution in [-0.4, -0.2) is 44.4 Å².